The maximum Gasteiger partial charge on any atom is 0.343 e. The number of nitrogens with zero attached hydrogens (tertiary/aromatic N) is 1. The Kier molecular flexibility index (Phi) is 8.31. The normalized spacial score (nSPS) is 13.1. The molecule has 1 heterocycles. The summed E-state index contributed by atoms with van der Waals surface area (Å²) in [6.45, 7) is 5.72. The summed E-state index contributed by atoms with van der Waals surface area (Å²) in [7, 11) is 0. The number of hydrogen-bond acceptors (Lipinski definition) is 8. The molecule has 0 spiro atoms. The van der Waals surface area contributed by atoms with Gasteiger partial charge in [-0.3, -0.25) is 9.59 Å². The average Bonchev–Trinajstić information content (AvgIpc) is 3.13. The van der Waals surface area contributed by atoms with Crippen LogP contribution in [-0.4, -0.2) is 36.5 Å². The second kappa shape index (κ2) is 11.8. The fourth-order valence-corrected chi connectivity index (χ4v) is 3.89. The number of anilines is 2. The third kappa shape index (κ3) is 6.10. The van der Waals surface area contributed by atoms with Crippen molar-refractivity contribution in [3.05, 3.63) is 94.7 Å². The van der Waals surface area contributed by atoms with Gasteiger partial charge in [0.15, 0.2) is 11.5 Å². The van der Waals surface area contributed by atoms with Crippen LogP contribution in [0.1, 0.15) is 41.5 Å². The van der Waals surface area contributed by atoms with Crippen LogP contribution in [-0.2, 0) is 14.3 Å². The number of benzene rings is 3. The molecule has 0 aliphatic carbocycles. The van der Waals surface area contributed by atoms with Gasteiger partial charge in [-0.15, -0.1) is 0 Å². The van der Waals surface area contributed by atoms with Gasteiger partial charge < -0.3 is 19.5 Å². The van der Waals surface area contributed by atoms with E-state index in [0.717, 1.165) is 4.90 Å². The van der Waals surface area contributed by atoms with Crippen LogP contribution in [0.15, 0.2) is 83.5 Å². The highest BCUT2D eigenvalue weighted by molar-refractivity contribution is 6.53. The van der Waals surface area contributed by atoms with E-state index in [1.807, 2.05) is 6.92 Å². The number of esters is 2. The maximum absolute atomic E-state index is 13.1. The minimum atomic E-state index is -0.713. The Morgan fingerprint density at radius 2 is 1.44 bits per heavy atom. The second-order valence-electron chi connectivity index (χ2n) is 8.61. The van der Waals surface area contributed by atoms with E-state index in [2.05, 4.69) is 5.32 Å². The van der Waals surface area contributed by atoms with Crippen molar-refractivity contribution in [3.8, 4) is 11.5 Å². The van der Waals surface area contributed by atoms with E-state index in [1.165, 1.54) is 36.4 Å². The maximum atomic E-state index is 13.1. The molecule has 200 valence electrons. The molecule has 0 radical (unpaired) electrons. The van der Waals surface area contributed by atoms with E-state index < -0.39 is 23.8 Å². The molecule has 1 N–H and O–H groups in total. The molecule has 2 amide bonds. The van der Waals surface area contributed by atoms with Gasteiger partial charge in [0.25, 0.3) is 11.8 Å². The predicted octanol–water partition coefficient (Wildman–Crippen LogP) is 5.31. The van der Waals surface area contributed by atoms with Gasteiger partial charge in [0, 0.05) is 5.69 Å². The van der Waals surface area contributed by atoms with Crippen molar-refractivity contribution in [3.63, 3.8) is 0 Å². The molecule has 0 bridgehead atoms. The third-order valence-corrected chi connectivity index (χ3v) is 5.82. The van der Waals surface area contributed by atoms with Gasteiger partial charge in [-0.25, -0.2) is 14.5 Å². The molecule has 39 heavy (non-hydrogen) atoms. The highest BCUT2D eigenvalue weighted by atomic mass is 35.5. The number of hydrogen-bond donors (Lipinski definition) is 1. The van der Waals surface area contributed by atoms with Gasteiger partial charge in [0.1, 0.15) is 10.7 Å². The molecule has 9 nitrogen and oxygen atoms in total. The first kappa shape index (κ1) is 27.4. The van der Waals surface area contributed by atoms with Gasteiger partial charge in [0.05, 0.1) is 29.5 Å². The van der Waals surface area contributed by atoms with Crippen molar-refractivity contribution in [1.82, 2.24) is 0 Å². The van der Waals surface area contributed by atoms with Crippen molar-refractivity contribution >= 4 is 46.7 Å². The molecule has 4 rings (SSSR count). The molecule has 0 saturated heterocycles. The summed E-state index contributed by atoms with van der Waals surface area (Å²) in [6, 6.07) is 18.8. The lowest BCUT2D eigenvalue weighted by molar-refractivity contribution is -0.120. The van der Waals surface area contributed by atoms with Crippen molar-refractivity contribution in [1.29, 1.82) is 0 Å². The Morgan fingerprint density at radius 1 is 0.846 bits per heavy atom. The fourth-order valence-electron chi connectivity index (χ4n) is 3.68. The average molecular weight is 549 g/mol. The molecule has 0 atom stereocenters. The van der Waals surface area contributed by atoms with Crippen LogP contribution in [0.5, 0.6) is 11.5 Å². The Balaban J connectivity index is 1.44. The molecule has 0 unspecified atom stereocenters. The fraction of sp³-hybridized carbons (Fsp3) is 0.172. The number of carbonyl (C=O) groups is 4. The summed E-state index contributed by atoms with van der Waals surface area (Å²) in [4.78, 5) is 51.5. The van der Waals surface area contributed by atoms with Gasteiger partial charge >= 0.3 is 11.9 Å². The van der Waals surface area contributed by atoms with Crippen LogP contribution in [0, 0.1) is 0 Å². The summed E-state index contributed by atoms with van der Waals surface area (Å²) in [6.07, 6.45) is -0.285. The summed E-state index contributed by atoms with van der Waals surface area (Å²) < 4.78 is 16.1. The lowest BCUT2D eigenvalue weighted by Crippen LogP contribution is -2.32. The van der Waals surface area contributed by atoms with Crippen LogP contribution in [0.25, 0.3) is 0 Å². The number of imide groups is 1. The highest BCUT2D eigenvalue weighted by Gasteiger charge is 2.39. The van der Waals surface area contributed by atoms with E-state index in [0.29, 0.717) is 23.8 Å². The molecular formula is C29H25ClN2O7. The van der Waals surface area contributed by atoms with E-state index in [1.54, 1.807) is 50.2 Å². The number of para-hydroxylation sites is 2. The van der Waals surface area contributed by atoms with E-state index in [-0.39, 0.29) is 33.6 Å². The molecule has 10 heteroatoms. The number of nitrogens with one attached hydrogen (secondary N) is 1. The van der Waals surface area contributed by atoms with Gasteiger partial charge in [-0.1, -0.05) is 23.7 Å². The largest absolute Gasteiger partial charge is 0.490 e. The standard InChI is InChI=1S/C29H25ClN2O7/c1-4-37-22-7-5-6-8-23(22)39-29(36)18-9-13-20(14-10-18)31-25-24(30)26(33)32(27(25)34)21-15-11-19(12-16-21)28(35)38-17(2)3/h5-17,31H,4H2,1-3H3. The van der Waals surface area contributed by atoms with Crippen molar-refractivity contribution in [2.75, 3.05) is 16.8 Å². The molecular weight excluding hydrogens is 524 g/mol. The molecule has 1 aliphatic rings. The minimum Gasteiger partial charge on any atom is -0.490 e. The van der Waals surface area contributed by atoms with E-state index in [9.17, 15) is 19.2 Å². The van der Waals surface area contributed by atoms with E-state index >= 15 is 0 Å². The molecule has 0 saturated carbocycles. The lowest BCUT2D eigenvalue weighted by Gasteiger charge is -2.16. The first-order valence-corrected chi connectivity index (χ1v) is 12.5. The van der Waals surface area contributed by atoms with Gasteiger partial charge in [0.2, 0.25) is 0 Å². The topological polar surface area (TPSA) is 111 Å². The molecule has 3 aromatic rings. The number of halogens is 1. The summed E-state index contributed by atoms with van der Waals surface area (Å²) in [5.41, 5.74) is 1.09. The third-order valence-electron chi connectivity index (χ3n) is 5.47. The Bertz CT molecular complexity index is 1450. The Labute approximate surface area is 229 Å². The van der Waals surface area contributed by atoms with Crippen molar-refractivity contribution < 1.29 is 33.4 Å². The smallest absolute Gasteiger partial charge is 0.343 e. The first-order valence-electron chi connectivity index (χ1n) is 12.1. The van der Waals surface area contributed by atoms with Crippen LogP contribution >= 0.6 is 11.6 Å². The molecule has 3 aromatic carbocycles. The van der Waals surface area contributed by atoms with Crippen molar-refractivity contribution in [2.45, 2.75) is 26.9 Å². The Morgan fingerprint density at radius 3 is 2.05 bits per heavy atom. The highest BCUT2D eigenvalue weighted by Crippen LogP contribution is 2.31. The Hall–Kier alpha value is -4.63. The zero-order chi connectivity index (χ0) is 28.1. The van der Waals surface area contributed by atoms with Gasteiger partial charge in [-0.2, -0.15) is 0 Å². The van der Waals surface area contributed by atoms with Crippen molar-refractivity contribution in [2.24, 2.45) is 0 Å². The molecule has 1 aliphatic heterocycles. The van der Waals surface area contributed by atoms with Crippen LogP contribution in [0.4, 0.5) is 11.4 Å². The monoisotopic (exact) mass is 548 g/mol. The lowest BCUT2D eigenvalue weighted by atomic mass is 10.2. The zero-order valence-electron chi connectivity index (χ0n) is 21.4. The quantitative estimate of drug-likeness (QED) is 0.218. The minimum absolute atomic E-state index is 0.120. The van der Waals surface area contributed by atoms with Crippen LogP contribution < -0.4 is 19.7 Å². The first-order chi connectivity index (χ1) is 18.7. The summed E-state index contributed by atoms with van der Waals surface area (Å²) in [5.74, 6) is -1.74. The SMILES string of the molecule is CCOc1ccccc1OC(=O)c1ccc(NC2=C(Cl)C(=O)N(c3ccc(C(=O)OC(C)C)cc3)C2=O)cc1. The van der Waals surface area contributed by atoms with Crippen LogP contribution in [0.3, 0.4) is 0 Å². The number of rotatable bonds is 9. The number of carbonyl (C=O) groups excluding carboxylic acids is 4. The molecule has 0 fully saturated rings. The number of ether oxygens (including phenoxy) is 3. The number of amides is 2. The summed E-state index contributed by atoms with van der Waals surface area (Å²) in [5, 5.41) is 2.56. The second-order valence-corrected chi connectivity index (χ2v) is 8.99. The van der Waals surface area contributed by atoms with Gasteiger partial charge in [-0.05, 0) is 81.4 Å². The molecule has 0 aromatic heterocycles. The van der Waals surface area contributed by atoms with Crippen LogP contribution in [0.2, 0.25) is 0 Å². The van der Waals surface area contributed by atoms with E-state index in [4.69, 9.17) is 25.8 Å². The predicted molar refractivity (Wildman–Crippen MR) is 145 cm³/mol. The zero-order valence-corrected chi connectivity index (χ0v) is 22.2. The summed E-state index contributed by atoms with van der Waals surface area (Å²) >= 11 is 6.21.